The first kappa shape index (κ1) is 18.0. The number of nitro groups is 1. The number of rotatable bonds is 7. The third-order valence-corrected chi connectivity index (χ3v) is 4.51. The zero-order chi connectivity index (χ0) is 18.4. The van der Waals surface area contributed by atoms with E-state index in [-0.39, 0.29) is 11.3 Å². The van der Waals surface area contributed by atoms with Crippen LogP contribution in [0, 0.1) is 10.1 Å². The first-order valence-electron chi connectivity index (χ1n) is 8.62. The van der Waals surface area contributed by atoms with Gasteiger partial charge in [0, 0.05) is 23.7 Å². The van der Waals surface area contributed by atoms with Crippen LogP contribution >= 0.6 is 0 Å². The molecule has 0 bridgehead atoms. The van der Waals surface area contributed by atoms with Crippen LogP contribution in [0.1, 0.15) is 21.5 Å². The molecule has 7 nitrogen and oxygen atoms in total. The van der Waals surface area contributed by atoms with Gasteiger partial charge in [-0.25, -0.2) is 0 Å². The van der Waals surface area contributed by atoms with Gasteiger partial charge in [-0.05, 0) is 17.7 Å². The second kappa shape index (κ2) is 8.55. The quantitative estimate of drug-likeness (QED) is 0.445. The van der Waals surface area contributed by atoms with Gasteiger partial charge in [-0.1, -0.05) is 24.3 Å². The van der Waals surface area contributed by atoms with Crippen molar-refractivity contribution in [2.24, 2.45) is 0 Å². The van der Waals surface area contributed by atoms with Crippen molar-refractivity contribution in [1.29, 1.82) is 0 Å². The van der Waals surface area contributed by atoms with Gasteiger partial charge in [-0.15, -0.1) is 0 Å². The number of nitrogens with one attached hydrogen (secondary N) is 2. The molecule has 136 valence electrons. The van der Waals surface area contributed by atoms with E-state index in [1.807, 2.05) is 12.1 Å². The lowest BCUT2D eigenvalue weighted by atomic mass is 10.1. The summed E-state index contributed by atoms with van der Waals surface area (Å²) in [6.07, 6.45) is 0.603. The highest BCUT2D eigenvalue weighted by molar-refractivity contribution is 5.79. The number of carbonyl (C=O) groups is 1. The van der Waals surface area contributed by atoms with Gasteiger partial charge in [0.2, 0.25) is 0 Å². The molecule has 0 aliphatic carbocycles. The Bertz CT molecular complexity index is 771. The van der Waals surface area contributed by atoms with E-state index >= 15 is 0 Å². The molecule has 2 aromatic carbocycles. The fourth-order valence-electron chi connectivity index (χ4n) is 3.02. The Kier molecular flexibility index (Phi) is 5.93. The van der Waals surface area contributed by atoms with Crippen molar-refractivity contribution in [3.8, 4) is 0 Å². The summed E-state index contributed by atoms with van der Waals surface area (Å²) in [5.74, 6) is 0. The van der Waals surface area contributed by atoms with Gasteiger partial charge in [0.05, 0.1) is 18.1 Å². The molecule has 7 heteroatoms. The predicted molar refractivity (Wildman–Crippen MR) is 97.5 cm³/mol. The van der Waals surface area contributed by atoms with E-state index in [1.54, 1.807) is 12.1 Å². The molecule has 0 unspecified atom stereocenters. The Balaban J connectivity index is 1.61. The van der Waals surface area contributed by atoms with Gasteiger partial charge in [-0.3, -0.25) is 14.9 Å². The van der Waals surface area contributed by atoms with Crippen molar-refractivity contribution < 1.29 is 19.4 Å². The molecular weight excluding hydrogens is 334 g/mol. The number of anilines is 1. The number of hydrogen-bond donors (Lipinski definition) is 2. The number of nitrogens with zero attached hydrogens (tertiary/aromatic N) is 1. The first-order chi connectivity index (χ1) is 12.7. The average molecular weight is 356 g/mol. The monoisotopic (exact) mass is 356 g/mol. The summed E-state index contributed by atoms with van der Waals surface area (Å²) in [6, 6.07) is 12.7. The summed E-state index contributed by atoms with van der Waals surface area (Å²) in [7, 11) is 0. The third kappa shape index (κ3) is 4.65. The van der Waals surface area contributed by atoms with E-state index in [2.05, 4.69) is 17.4 Å². The number of carbonyl (C=O) groups excluding carboxylic acids is 1. The van der Waals surface area contributed by atoms with Crippen LogP contribution < -0.4 is 10.2 Å². The largest absolute Gasteiger partial charge is 0.375 e. The number of benzene rings is 2. The SMILES string of the molecule is O=Cc1ccc(NCc2ccc(C[NH+]3CCOCC3)cc2)c([N+](=O)[O-])c1. The van der Waals surface area contributed by atoms with Crippen molar-refractivity contribution >= 4 is 17.7 Å². The number of morpholine rings is 1. The molecule has 0 amide bonds. The van der Waals surface area contributed by atoms with Gasteiger partial charge in [-0.2, -0.15) is 0 Å². The standard InChI is InChI=1S/C19H21N3O4/c23-14-17-5-6-18(19(11-17)22(24)25)20-12-15-1-3-16(4-2-15)13-21-7-9-26-10-8-21/h1-6,11,14,20H,7-10,12-13H2/p+1. The molecule has 1 aliphatic heterocycles. The molecule has 26 heavy (non-hydrogen) atoms. The fourth-order valence-corrected chi connectivity index (χ4v) is 3.02. The molecule has 2 N–H and O–H groups in total. The highest BCUT2D eigenvalue weighted by Gasteiger charge is 2.15. The van der Waals surface area contributed by atoms with Crippen LogP contribution in [-0.2, 0) is 17.8 Å². The lowest BCUT2D eigenvalue weighted by molar-refractivity contribution is -0.921. The van der Waals surface area contributed by atoms with Gasteiger partial charge in [0.1, 0.15) is 31.6 Å². The Hall–Kier alpha value is -2.77. The molecule has 1 saturated heterocycles. The topological polar surface area (TPSA) is 85.9 Å². The average Bonchev–Trinajstić information content (AvgIpc) is 2.68. The molecule has 2 aromatic rings. The molecule has 0 atom stereocenters. The van der Waals surface area contributed by atoms with E-state index in [0.29, 0.717) is 18.5 Å². The summed E-state index contributed by atoms with van der Waals surface area (Å²) in [4.78, 5) is 23.0. The minimum absolute atomic E-state index is 0.0952. The summed E-state index contributed by atoms with van der Waals surface area (Å²) >= 11 is 0. The lowest BCUT2D eigenvalue weighted by Crippen LogP contribution is -3.12. The number of aldehydes is 1. The van der Waals surface area contributed by atoms with Crippen LogP contribution in [0.2, 0.25) is 0 Å². The Morgan fingerprint density at radius 3 is 2.46 bits per heavy atom. The van der Waals surface area contributed by atoms with E-state index in [1.165, 1.54) is 16.5 Å². The maximum Gasteiger partial charge on any atom is 0.293 e. The predicted octanol–water partition coefficient (Wildman–Crippen LogP) is 1.43. The second-order valence-electron chi connectivity index (χ2n) is 6.36. The molecule has 0 saturated carbocycles. The Labute approximate surface area is 151 Å². The van der Waals surface area contributed by atoms with Crippen LogP contribution in [0.5, 0.6) is 0 Å². The summed E-state index contributed by atoms with van der Waals surface area (Å²) in [5, 5.41) is 14.3. The first-order valence-corrected chi connectivity index (χ1v) is 8.62. The molecule has 0 aromatic heterocycles. The van der Waals surface area contributed by atoms with E-state index < -0.39 is 4.92 Å². The summed E-state index contributed by atoms with van der Waals surface area (Å²) in [6.45, 7) is 5.16. The second-order valence-corrected chi connectivity index (χ2v) is 6.36. The third-order valence-electron chi connectivity index (χ3n) is 4.51. The minimum atomic E-state index is -0.483. The van der Waals surface area contributed by atoms with Crippen LogP contribution in [0.15, 0.2) is 42.5 Å². The fraction of sp³-hybridized carbons (Fsp3) is 0.316. The van der Waals surface area contributed by atoms with Gasteiger partial charge >= 0.3 is 0 Å². The Morgan fingerprint density at radius 2 is 1.81 bits per heavy atom. The van der Waals surface area contributed by atoms with Crippen molar-refractivity contribution in [1.82, 2.24) is 0 Å². The van der Waals surface area contributed by atoms with Crippen LogP contribution in [0.4, 0.5) is 11.4 Å². The normalized spacial score (nSPS) is 14.8. The van der Waals surface area contributed by atoms with E-state index in [0.717, 1.165) is 38.4 Å². The van der Waals surface area contributed by atoms with Crippen LogP contribution in [0.25, 0.3) is 0 Å². The maximum atomic E-state index is 11.2. The van der Waals surface area contributed by atoms with Crippen molar-refractivity contribution in [3.05, 3.63) is 69.3 Å². The van der Waals surface area contributed by atoms with Crippen molar-refractivity contribution in [2.75, 3.05) is 31.6 Å². The Morgan fingerprint density at radius 1 is 1.12 bits per heavy atom. The summed E-state index contributed by atoms with van der Waals surface area (Å²) < 4.78 is 5.38. The van der Waals surface area contributed by atoms with Gasteiger partial charge < -0.3 is 15.0 Å². The molecule has 0 radical (unpaired) electrons. The van der Waals surface area contributed by atoms with E-state index in [9.17, 15) is 14.9 Å². The smallest absolute Gasteiger partial charge is 0.293 e. The zero-order valence-electron chi connectivity index (χ0n) is 14.4. The summed E-state index contributed by atoms with van der Waals surface area (Å²) in [5.41, 5.74) is 2.91. The van der Waals surface area contributed by atoms with Gasteiger partial charge in [0.15, 0.2) is 0 Å². The zero-order valence-corrected chi connectivity index (χ0v) is 14.4. The maximum absolute atomic E-state index is 11.2. The molecule has 1 aliphatic rings. The number of nitro benzene ring substituents is 1. The molecule has 1 fully saturated rings. The van der Waals surface area contributed by atoms with Crippen molar-refractivity contribution in [3.63, 3.8) is 0 Å². The molecule has 3 rings (SSSR count). The van der Waals surface area contributed by atoms with Gasteiger partial charge in [0.25, 0.3) is 5.69 Å². The van der Waals surface area contributed by atoms with Crippen LogP contribution in [-0.4, -0.2) is 37.5 Å². The molecule has 0 spiro atoms. The number of quaternary nitrogens is 1. The van der Waals surface area contributed by atoms with Crippen molar-refractivity contribution in [2.45, 2.75) is 13.1 Å². The number of ether oxygens (including phenoxy) is 1. The highest BCUT2D eigenvalue weighted by Crippen LogP contribution is 2.25. The lowest BCUT2D eigenvalue weighted by Gasteiger charge is -2.23. The molecule has 1 heterocycles. The number of hydrogen-bond acceptors (Lipinski definition) is 5. The van der Waals surface area contributed by atoms with E-state index in [4.69, 9.17) is 4.74 Å². The molecular formula is C19H22N3O4+. The van der Waals surface area contributed by atoms with Crippen LogP contribution in [0.3, 0.4) is 0 Å². The highest BCUT2D eigenvalue weighted by atomic mass is 16.6. The minimum Gasteiger partial charge on any atom is -0.375 e.